The van der Waals surface area contributed by atoms with Gasteiger partial charge in [-0.25, -0.2) is 0 Å². The Morgan fingerprint density at radius 3 is 2.84 bits per heavy atom. The molecule has 1 aromatic carbocycles. The molecule has 0 aliphatic carbocycles. The summed E-state index contributed by atoms with van der Waals surface area (Å²) in [7, 11) is 1.84. The van der Waals surface area contributed by atoms with Crippen molar-refractivity contribution in [3.05, 3.63) is 57.8 Å². The summed E-state index contributed by atoms with van der Waals surface area (Å²) in [5.41, 5.74) is 1.67. The van der Waals surface area contributed by atoms with Crippen LogP contribution in [0, 0.1) is 0 Å². The molecular weight excluding hydrogens is 278 g/mol. The zero-order valence-corrected chi connectivity index (χ0v) is 12.4. The summed E-state index contributed by atoms with van der Waals surface area (Å²) in [6, 6.07) is 11.6. The first-order valence-electron chi connectivity index (χ1n) is 6.13. The Morgan fingerprint density at radius 2 is 2.16 bits per heavy atom. The number of nitrogens with zero attached hydrogens (tertiary/aromatic N) is 1. The molecule has 100 valence electrons. The fourth-order valence-corrected chi connectivity index (χ4v) is 2.71. The lowest BCUT2D eigenvalue weighted by Gasteiger charge is -2.17. The molecule has 0 N–H and O–H groups in total. The van der Waals surface area contributed by atoms with Crippen molar-refractivity contribution in [2.75, 3.05) is 13.6 Å². The Hall–Kier alpha value is -1.32. The van der Waals surface area contributed by atoms with Crippen LogP contribution in [0.5, 0.6) is 0 Å². The number of carbonyl (C=O) groups is 1. The minimum absolute atomic E-state index is 0.0449. The third kappa shape index (κ3) is 3.82. The van der Waals surface area contributed by atoms with Gasteiger partial charge in [-0.1, -0.05) is 18.2 Å². The molecule has 2 aromatic rings. The molecule has 19 heavy (non-hydrogen) atoms. The largest absolute Gasteiger partial charge is 0.341 e. The first kappa shape index (κ1) is 14.1. The average molecular weight is 294 g/mol. The first-order valence-corrected chi connectivity index (χ1v) is 7.55. The molecule has 4 heteroatoms. The van der Waals surface area contributed by atoms with Gasteiger partial charge in [-0.3, -0.25) is 4.79 Å². The van der Waals surface area contributed by atoms with E-state index in [2.05, 4.69) is 11.4 Å². The van der Waals surface area contributed by atoms with Crippen LogP contribution in [-0.4, -0.2) is 24.4 Å². The molecular formula is C15H16ClNOS. The van der Waals surface area contributed by atoms with Crippen molar-refractivity contribution in [1.82, 2.24) is 4.90 Å². The smallest absolute Gasteiger partial charge is 0.253 e. The third-order valence-corrected chi connectivity index (χ3v) is 4.19. The fourth-order valence-electron chi connectivity index (χ4n) is 1.84. The summed E-state index contributed by atoms with van der Waals surface area (Å²) in [5, 5.41) is 2.06. The highest BCUT2D eigenvalue weighted by atomic mass is 35.5. The van der Waals surface area contributed by atoms with Crippen molar-refractivity contribution < 1.29 is 4.79 Å². The second kappa shape index (κ2) is 6.73. The van der Waals surface area contributed by atoms with E-state index in [0.717, 1.165) is 18.5 Å². The molecule has 1 aromatic heterocycles. The molecule has 0 radical (unpaired) electrons. The number of benzene rings is 1. The van der Waals surface area contributed by atoms with Crippen LogP contribution >= 0.6 is 22.9 Å². The predicted octanol–water partition coefficient (Wildman–Crippen LogP) is 3.80. The molecule has 0 aliphatic rings. The molecule has 2 rings (SSSR count). The molecule has 0 aliphatic heterocycles. The lowest BCUT2D eigenvalue weighted by molar-refractivity contribution is 0.0797. The van der Waals surface area contributed by atoms with Crippen molar-refractivity contribution in [1.29, 1.82) is 0 Å². The van der Waals surface area contributed by atoms with E-state index in [1.54, 1.807) is 16.2 Å². The van der Waals surface area contributed by atoms with Gasteiger partial charge in [0.05, 0.1) is 0 Å². The van der Waals surface area contributed by atoms with E-state index in [1.807, 2.05) is 37.4 Å². The SMILES string of the molecule is CN(CCc1cccs1)C(=O)c1cccc(CCl)c1. The Morgan fingerprint density at radius 1 is 1.32 bits per heavy atom. The van der Waals surface area contributed by atoms with Gasteiger partial charge in [0, 0.05) is 29.9 Å². The Balaban J connectivity index is 1.97. The van der Waals surface area contributed by atoms with E-state index in [9.17, 15) is 4.79 Å². The summed E-state index contributed by atoms with van der Waals surface area (Å²) in [4.78, 5) is 15.3. The Labute approximate surface area is 122 Å². The highest BCUT2D eigenvalue weighted by Gasteiger charge is 2.11. The molecule has 0 saturated heterocycles. The predicted molar refractivity (Wildman–Crippen MR) is 81.0 cm³/mol. The van der Waals surface area contributed by atoms with Crippen LogP contribution in [0.1, 0.15) is 20.8 Å². The van der Waals surface area contributed by atoms with E-state index in [4.69, 9.17) is 11.6 Å². The molecule has 0 spiro atoms. The lowest BCUT2D eigenvalue weighted by Crippen LogP contribution is -2.28. The second-order valence-electron chi connectivity index (χ2n) is 4.39. The number of alkyl halides is 1. The van der Waals surface area contributed by atoms with Gasteiger partial charge in [-0.2, -0.15) is 0 Å². The van der Waals surface area contributed by atoms with Gasteiger partial charge in [0.15, 0.2) is 0 Å². The number of rotatable bonds is 5. The topological polar surface area (TPSA) is 20.3 Å². The van der Waals surface area contributed by atoms with Crippen molar-refractivity contribution in [3.63, 3.8) is 0 Å². The van der Waals surface area contributed by atoms with E-state index in [1.165, 1.54) is 4.88 Å². The summed E-state index contributed by atoms with van der Waals surface area (Å²) in [6.45, 7) is 0.727. The van der Waals surface area contributed by atoms with Crippen LogP contribution in [0.15, 0.2) is 41.8 Å². The van der Waals surface area contributed by atoms with Crippen LogP contribution in [-0.2, 0) is 12.3 Å². The van der Waals surface area contributed by atoms with Gasteiger partial charge in [0.25, 0.3) is 5.91 Å². The average Bonchev–Trinajstić information content (AvgIpc) is 2.97. The van der Waals surface area contributed by atoms with Crippen LogP contribution < -0.4 is 0 Å². The second-order valence-corrected chi connectivity index (χ2v) is 5.69. The summed E-state index contributed by atoms with van der Waals surface area (Å²) in [5.74, 6) is 0.476. The number of likely N-dealkylation sites (N-methyl/N-ethyl adjacent to an activating group) is 1. The Bertz CT molecular complexity index is 539. The van der Waals surface area contributed by atoms with Gasteiger partial charge < -0.3 is 4.90 Å². The van der Waals surface area contributed by atoms with Gasteiger partial charge in [-0.05, 0) is 35.6 Å². The van der Waals surface area contributed by atoms with E-state index < -0.39 is 0 Å². The molecule has 0 bridgehead atoms. The van der Waals surface area contributed by atoms with E-state index in [-0.39, 0.29) is 5.91 Å². The number of amides is 1. The van der Waals surface area contributed by atoms with Crippen LogP contribution in [0.25, 0.3) is 0 Å². The molecule has 1 heterocycles. The molecule has 0 fully saturated rings. The number of carbonyl (C=O) groups excluding carboxylic acids is 1. The molecule has 2 nitrogen and oxygen atoms in total. The normalized spacial score (nSPS) is 10.4. The fraction of sp³-hybridized carbons (Fsp3) is 0.267. The standard InChI is InChI=1S/C15H16ClNOS/c1-17(8-7-14-6-3-9-19-14)15(18)13-5-2-4-12(10-13)11-16/h2-6,9-10H,7-8,11H2,1H3. The molecule has 0 unspecified atom stereocenters. The number of hydrogen-bond acceptors (Lipinski definition) is 2. The highest BCUT2D eigenvalue weighted by molar-refractivity contribution is 7.09. The molecule has 0 atom stereocenters. The maximum atomic E-state index is 12.3. The Kier molecular flexibility index (Phi) is 5.00. The van der Waals surface area contributed by atoms with Gasteiger partial charge in [-0.15, -0.1) is 22.9 Å². The van der Waals surface area contributed by atoms with Gasteiger partial charge in [0.2, 0.25) is 0 Å². The van der Waals surface area contributed by atoms with Gasteiger partial charge in [0.1, 0.15) is 0 Å². The van der Waals surface area contributed by atoms with E-state index in [0.29, 0.717) is 11.4 Å². The van der Waals surface area contributed by atoms with Crippen molar-refractivity contribution in [2.24, 2.45) is 0 Å². The number of hydrogen-bond donors (Lipinski definition) is 0. The van der Waals surface area contributed by atoms with Crippen LogP contribution in [0.2, 0.25) is 0 Å². The van der Waals surface area contributed by atoms with E-state index >= 15 is 0 Å². The maximum absolute atomic E-state index is 12.3. The minimum atomic E-state index is 0.0449. The van der Waals surface area contributed by atoms with Crippen LogP contribution in [0.4, 0.5) is 0 Å². The summed E-state index contributed by atoms with van der Waals surface area (Å²) >= 11 is 7.51. The van der Waals surface area contributed by atoms with Crippen LogP contribution in [0.3, 0.4) is 0 Å². The monoisotopic (exact) mass is 293 g/mol. The highest BCUT2D eigenvalue weighted by Crippen LogP contribution is 2.12. The van der Waals surface area contributed by atoms with Crippen molar-refractivity contribution in [3.8, 4) is 0 Å². The first-order chi connectivity index (χ1) is 9.20. The minimum Gasteiger partial charge on any atom is -0.341 e. The van der Waals surface area contributed by atoms with Crippen molar-refractivity contribution in [2.45, 2.75) is 12.3 Å². The third-order valence-electron chi connectivity index (χ3n) is 2.95. The quantitative estimate of drug-likeness (QED) is 0.768. The number of thiophene rings is 1. The maximum Gasteiger partial charge on any atom is 0.253 e. The zero-order valence-electron chi connectivity index (χ0n) is 10.8. The summed E-state index contributed by atoms with van der Waals surface area (Å²) < 4.78 is 0. The number of halogens is 1. The van der Waals surface area contributed by atoms with Crippen molar-refractivity contribution >= 4 is 28.8 Å². The molecule has 1 amide bonds. The lowest BCUT2D eigenvalue weighted by atomic mass is 10.1. The van der Waals surface area contributed by atoms with Gasteiger partial charge >= 0.3 is 0 Å². The summed E-state index contributed by atoms with van der Waals surface area (Å²) in [6.07, 6.45) is 0.898. The zero-order chi connectivity index (χ0) is 13.7. The molecule has 0 saturated carbocycles.